The van der Waals surface area contributed by atoms with Crippen LogP contribution in [0.5, 0.6) is 11.5 Å². The van der Waals surface area contributed by atoms with E-state index in [9.17, 15) is 15.0 Å². The molecule has 0 bridgehead atoms. The lowest BCUT2D eigenvalue weighted by Crippen LogP contribution is -2.11. The molecule has 4 nitrogen and oxygen atoms in total. The molecular formula is C22H35ClO4. The quantitative estimate of drug-likeness (QED) is 0.290. The summed E-state index contributed by atoms with van der Waals surface area (Å²) in [5.74, 6) is -1.38. The Kier molecular flexibility index (Phi) is 11.3. The molecule has 1 aromatic rings. The molecule has 27 heavy (non-hydrogen) atoms. The van der Waals surface area contributed by atoms with Crippen molar-refractivity contribution in [3.63, 3.8) is 0 Å². The van der Waals surface area contributed by atoms with E-state index in [4.69, 9.17) is 11.9 Å². The van der Waals surface area contributed by atoms with Gasteiger partial charge in [-0.2, -0.15) is 0 Å². The van der Waals surface area contributed by atoms with Crippen LogP contribution in [0.25, 0.3) is 0 Å². The molecule has 5 heteroatoms. The van der Waals surface area contributed by atoms with Crippen LogP contribution < -0.4 is 0 Å². The summed E-state index contributed by atoms with van der Waals surface area (Å²) in [6.45, 7) is 6.41. The number of unbranched alkanes of at least 4 members (excludes halogenated alkanes) is 6. The van der Waals surface area contributed by atoms with Gasteiger partial charge in [-0.3, -0.25) is 0 Å². The minimum absolute atomic E-state index is 0.0318. The number of hydrogen-bond acceptors (Lipinski definition) is 4. The van der Waals surface area contributed by atoms with Crippen molar-refractivity contribution < 1.29 is 19.3 Å². The molecule has 1 rings (SSSR count). The van der Waals surface area contributed by atoms with Crippen LogP contribution in [0.3, 0.4) is 0 Å². The van der Waals surface area contributed by atoms with Crippen LogP contribution >= 0.6 is 11.9 Å². The minimum Gasteiger partial charge on any atom is -0.504 e. The van der Waals surface area contributed by atoms with Gasteiger partial charge < -0.3 is 14.5 Å². The number of phenolic OH excluding ortho intramolecular Hbond substituents is 2. The number of rotatable bonds is 13. The van der Waals surface area contributed by atoms with Gasteiger partial charge in [0.1, 0.15) is 17.4 Å². The zero-order valence-corrected chi connectivity index (χ0v) is 17.8. The zero-order chi connectivity index (χ0) is 20.2. The van der Waals surface area contributed by atoms with E-state index < -0.39 is 11.7 Å². The van der Waals surface area contributed by atoms with E-state index in [1.165, 1.54) is 0 Å². The molecule has 2 N–H and O–H groups in total. The van der Waals surface area contributed by atoms with Gasteiger partial charge in [0, 0.05) is 5.56 Å². The van der Waals surface area contributed by atoms with Gasteiger partial charge in [-0.15, -0.1) is 0 Å². The van der Waals surface area contributed by atoms with Gasteiger partial charge in [-0.1, -0.05) is 59.3 Å². The third-order valence-electron chi connectivity index (χ3n) is 5.14. The summed E-state index contributed by atoms with van der Waals surface area (Å²) in [5.41, 5.74) is 2.62. The number of hydrogen-bond donors (Lipinski definition) is 2. The molecule has 0 heterocycles. The lowest BCUT2D eigenvalue weighted by atomic mass is 9.86. The highest BCUT2D eigenvalue weighted by Gasteiger charge is 2.27. The first-order valence-electron chi connectivity index (χ1n) is 10.4. The Balaban J connectivity index is 3.47. The molecule has 0 aliphatic carbocycles. The fourth-order valence-electron chi connectivity index (χ4n) is 3.64. The first-order valence-corrected chi connectivity index (χ1v) is 10.8. The third-order valence-corrected chi connectivity index (χ3v) is 5.28. The van der Waals surface area contributed by atoms with Gasteiger partial charge in [0.2, 0.25) is 0 Å². The summed E-state index contributed by atoms with van der Waals surface area (Å²) in [4.78, 5) is 12.3. The highest BCUT2D eigenvalue weighted by Crippen LogP contribution is 2.41. The largest absolute Gasteiger partial charge is 0.504 e. The average Bonchev–Trinajstić information content (AvgIpc) is 2.67. The van der Waals surface area contributed by atoms with E-state index >= 15 is 0 Å². The second kappa shape index (κ2) is 12.9. The SMILES string of the molecule is CCCCCc1c(O)c(O)c(C(=O)OCl)c(CCCCC)c1CCCCC. The second-order valence-corrected chi connectivity index (χ2v) is 7.40. The molecule has 0 saturated carbocycles. The van der Waals surface area contributed by atoms with Crippen molar-refractivity contribution in [1.82, 2.24) is 0 Å². The van der Waals surface area contributed by atoms with Gasteiger partial charge in [0.25, 0.3) is 0 Å². The molecule has 0 atom stereocenters. The Morgan fingerprint density at radius 1 is 0.741 bits per heavy atom. The van der Waals surface area contributed by atoms with Crippen molar-refractivity contribution >= 4 is 17.8 Å². The smallest absolute Gasteiger partial charge is 0.360 e. The summed E-state index contributed by atoms with van der Waals surface area (Å²) in [6, 6.07) is 0. The molecule has 0 radical (unpaired) electrons. The third kappa shape index (κ3) is 6.60. The second-order valence-electron chi connectivity index (χ2n) is 7.24. The Morgan fingerprint density at radius 2 is 1.19 bits per heavy atom. The molecule has 0 spiro atoms. The highest BCUT2D eigenvalue weighted by atomic mass is 35.5. The van der Waals surface area contributed by atoms with E-state index in [1.54, 1.807) is 0 Å². The van der Waals surface area contributed by atoms with Gasteiger partial charge in [-0.25, -0.2) is 4.79 Å². The fourth-order valence-corrected chi connectivity index (χ4v) is 3.72. The number of phenols is 2. The lowest BCUT2D eigenvalue weighted by molar-refractivity contribution is 0.0746. The lowest BCUT2D eigenvalue weighted by Gasteiger charge is -2.21. The Morgan fingerprint density at radius 3 is 1.63 bits per heavy atom. The van der Waals surface area contributed by atoms with Crippen molar-refractivity contribution in [2.45, 2.75) is 97.8 Å². The summed E-state index contributed by atoms with van der Waals surface area (Å²) < 4.78 is 4.40. The molecule has 0 saturated heterocycles. The van der Waals surface area contributed by atoms with E-state index in [0.717, 1.165) is 80.9 Å². The zero-order valence-electron chi connectivity index (χ0n) is 17.1. The molecular weight excluding hydrogens is 364 g/mol. The van der Waals surface area contributed by atoms with Crippen LogP contribution in [0, 0.1) is 0 Å². The maximum Gasteiger partial charge on any atom is 0.360 e. The van der Waals surface area contributed by atoms with Gasteiger partial charge >= 0.3 is 5.97 Å². The van der Waals surface area contributed by atoms with Crippen LogP contribution in [0.15, 0.2) is 0 Å². The first-order chi connectivity index (χ1) is 13.0. The van der Waals surface area contributed by atoms with Crippen molar-refractivity contribution in [3.8, 4) is 11.5 Å². The van der Waals surface area contributed by atoms with Crippen LogP contribution in [-0.2, 0) is 23.6 Å². The predicted molar refractivity (Wildman–Crippen MR) is 111 cm³/mol. The van der Waals surface area contributed by atoms with Crippen LogP contribution in [0.4, 0.5) is 0 Å². The minimum atomic E-state index is -0.798. The number of halogens is 1. The monoisotopic (exact) mass is 398 g/mol. The van der Waals surface area contributed by atoms with E-state index in [1.807, 2.05) is 0 Å². The fraction of sp³-hybridized carbons (Fsp3) is 0.682. The van der Waals surface area contributed by atoms with E-state index in [2.05, 4.69) is 25.1 Å². The summed E-state index contributed by atoms with van der Waals surface area (Å²) >= 11 is 5.32. The summed E-state index contributed by atoms with van der Waals surface area (Å²) in [7, 11) is 0. The van der Waals surface area contributed by atoms with Gasteiger partial charge in [0.05, 0.1) is 0 Å². The summed E-state index contributed by atoms with van der Waals surface area (Å²) in [5, 5.41) is 21.2. The van der Waals surface area contributed by atoms with Gasteiger partial charge in [-0.05, 0) is 49.7 Å². The first kappa shape index (κ1) is 23.6. The maximum atomic E-state index is 12.3. The molecule has 0 aliphatic heterocycles. The Labute approximate surface area is 169 Å². The van der Waals surface area contributed by atoms with E-state index in [0.29, 0.717) is 12.8 Å². The molecule has 154 valence electrons. The molecule has 0 amide bonds. The molecule has 0 unspecified atom stereocenters. The highest BCUT2D eigenvalue weighted by molar-refractivity contribution is 6.16. The standard InChI is InChI=1S/C22H35ClO4/c1-4-7-10-13-16-17(14-11-8-5-2)19(22(26)27-23)21(25)20(24)18(16)15-12-9-6-3/h24-25H,4-15H2,1-3H3. The van der Waals surface area contributed by atoms with Crippen molar-refractivity contribution in [1.29, 1.82) is 0 Å². The Bertz CT molecular complexity index is 599. The predicted octanol–water partition coefficient (Wildman–Crippen LogP) is 6.61. The molecule has 0 fully saturated rings. The Hall–Kier alpha value is -1.42. The molecule has 1 aromatic carbocycles. The van der Waals surface area contributed by atoms with Gasteiger partial charge in [0.15, 0.2) is 11.5 Å². The number of carbonyl (C=O) groups is 1. The topological polar surface area (TPSA) is 66.8 Å². The molecule has 0 aliphatic rings. The van der Waals surface area contributed by atoms with Crippen molar-refractivity contribution in [3.05, 3.63) is 22.3 Å². The number of carbonyl (C=O) groups excluding carboxylic acids is 1. The van der Waals surface area contributed by atoms with Crippen molar-refractivity contribution in [2.24, 2.45) is 0 Å². The van der Waals surface area contributed by atoms with Crippen molar-refractivity contribution in [2.75, 3.05) is 0 Å². The van der Waals surface area contributed by atoms with Crippen LogP contribution in [0.1, 0.15) is 106 Å². The summed E-state index contributed by atoms with van der Waals surface area (Å²) in [6.07, 6.45) is 11.4. The molecule has 0 aromatic heterocycles. The normalized spacial score (nSPS) is 11.0. The maximum absolute atomic E-state index is 12.3. The van der Waals surface area contributed by atoms with Crippen LogP contribution in [-0.4, -0.2) is 16.2 Å². The number of benzene rings is 1. The number of aromatic hydroxyl groups is 2. The average molecular weight is 399 g/mol. The van der Waals surface area contributed by atoms with E-state index in [-0.39, 0.29) is 11.3 Å². The van der Waals surface area contributed by atoms with Crippen LogP contribution in [0.2, 0.25) is 0 Å².